The summed E-state index contributed by atoms with van der Waals surface area (Å²) in [5.41, 5.74) is 1.61. The van der Waals surface area contributed by atoms with Gasteiger partial charge in [-0.1, -0.05) is 23.4 Å². The molecule has 2 aromatic heterocycles. The molecule has 0 unspecified atom stereocenters. The van der Waals surface area contributed by atoms with Crippen LogP contribution in [0.3, 0.4) is 0 Å². The average Bonchev–Trinajstić information content (AvgIpc) is 3.02. The molecule has 3 aromatic rings. The smallest absolute Gasteiger partial charge is 0.258 e. The molecule has 24 heavy (non-hydrogen) atoms. The predicted octanol–water partition coefficient (Wildman–Crippen LogP) is 2.01. The molecule has 7 nitrogen and oxygen atoms in total. The van der Waals surface area contributed by atoms with E-state index in [1.54, 1.807) is 32.2 Å². The largest absolute Gasteiger partial charge is 0.334 e. The summed E-state index contributed by atoms with van der Waals surface area (Å²) in [6.07, 6.45) is 0. The van der Waals surface area contributed by atoms with Gasteiger partial charge in [-0.2, -0.15) is 4.98 Å². The van der Waals surface area contributed by atoms with Crippen LogP contribution in [0.25, 0.3) is 11.5 Å². The summed E-state index contributed by atoms with van der Waals surface area (Å²) in [7, 11) is 1.67. The molecule has 1 N–H and O–H groups in total. The topological polar surface area (TPSA) is 92.1 Å². The Kier molecular flexibility index (Phi) is 4.24. The van der Waals surface area contributed by atoms with Crippen molar-refractivity contribution in [3.05, 3.63) is 69.9 Å². The fraction of sp³-hybridized carbons (Fsp3) is 0.176. The molecule has 0 aliphatic heterocycles. The summed E-state index contributed by atoms with van der Waals surface area (Å²) in [5.74, 6) is 0.489. The van der Waals surface area contributed by atoms with Crippen LogP contribution in [0.15, 0.2) is 51.8 Å². The number of aromatic amines is 1. The number of hydrogen-bond acceptors (Lipinski definition) is 5. The second-order valence-corrected chi connectivity index (χ2v) is 5.46. The first-order chi connectivity index (χ1) is 11.5. The van der Waals surface area contributed by atoms with Crippen LogP contribution in [-0.4, -0.2) is 33.0 Å². The van der Waals surface area contributed by atoms with Gasteiger partial charge in [-0.25, -0.2) is 0 Å². The highest BCUT2D eigenvalue weighted by atomic mass is 16.5. The van der Waals surface area contributed by atoms with Crippen LogP contribution in [0.4, 0.5) is 0 Å². The van der Waals surface area contributed by atoms with Gasteiger partial charge in [0.1, 0.15) is 0 Å². The normalized spacial score (nSPS) is 10.6. The molecular formula is C17H16N4O3. The van der Waals surface area contributed by atoms with Crippen molar-refractivity contribution in [3.63, 3.8) is 0 Å². The third-order valence-electron chi connectivity index (χ3n) is 3.44. The van der Waals surface area contributed by atoms with Crippen molar-refractivity contribution in [2.75, 3.05) is 7.05 Å². The molecule has 7 heteroatoms. The molecule has 0 atom stereocenters. The quantitative estimate of drug-likeness (QED) is 0.792. The van der Waals surface area contributed by atoms with Crippen molar-refractivity contribution in [1.82, 2.24) is 20.0 Å². The van der Waals surface area contributed by atoms with E-state index in [0.29, 0.717) is 22.6 Å². The first-order valence-electron chi connectivity index (χ1n) is 7.37. The monoisotopic (exact) mass is 324 g/mol. The third kappa shape index (κ3) is 3.40. The van der Waals surface area contributed by atoms with Gasteiger partial charge in [0.2, 0.25) is 5.56 Å². The van der Waals surface area contributed by atoms with Gasteiger partial charge in [0, 0.05) is 29.9 Å². The van der Waals surface area contributed by atoms with Crippen molar-refractivity contribution in [2.24, 2.45) is 0 Å². The van der Waals surface area contributed by atoms with Gasteiger partial charge in [-0.3, -0.25) is 9.59 Å². The predicted molar refractivity (Wildman–Crippen MR) is 87.3 cm³/mol. The number of nitrogens with zero attached hydrogens (tertiary/aromatic N) is 3. The van der Waals surface area contributed by atoms with Gasteiger partial charge in [0.05, 0.1) is 6.54 Å². The standard InChI is InChI=1S/C17H16N4O3/c1-11-8-13(9-15(22)18-11)16-19-14(20-24-16)10-21(2)17(23)12-6-4-3-5-7-12/h3-9H,10H2,1-2H3,(H,18,22). The maximum absolute atomic E-state index is 12.3. The number of carbonyl (C=O) groups excluding carboxylic acids is 1. The summed E-state index contributed by atoms with van der Waals surface area (Å²) in [5, 5.41) is 3.88. The Balaban J connectivity index is 1.76. The Labute approximate surface area is 137 Å². The first kappa shape index (κ1) is 15.7. The molecule has 0 saturated heterocycles. The van der Waals surface area contributed by atoms with Gasteiger partial charge < -0.3 is 14.4 Å². The number of H-pyrrole nitrogens is 1. The second kappa shape index (κ2) is 6.49. The van der Waals surface area contributed by atoms with Crippen LogP contribution < -0.4 is 5.56 Å². The van der Waals surface area contributed by atoms with Crippen molar-refractivity contribution in [2.45, 2.75) is 13.5 Å². The highest BCUT2D eigenvalue weighted by Crippen LogP contribution is 2.16. The number of amides is 1. The van der Waals surface area contributed by atoms with E-state index in [1.165, 1.54) is 11.0 Å². The zero-order valence-electron chi connectivity index (χ0n) is 13.3. The Morgan fingerprint density at radius 3 is 2.71 bits per heavy atom. The van der Waals surface area contributed by atoms with Gasteiger partial charge in [0.15, 0.2) is 5.82 Å². The summed E-state index contributed by atoms with van der Waals surface area (Å²) < 4.78 is 5.20. The number of pyridine rings is 1. The van der Waals surface area contributed by atoms with Crippen molar-refractivity contribution in [3.8, 4) is 11.5 Å². The Hall–Kier alpha value is -3.22. The number of aromatic nitrogens is 3. The van der Waals surface area contributed by atoms with E-state index in [2.05, 4.69) is 15.1 Å². The number of nitrogens with one attached hydrogen (secondary N) is 1. The Morgan fingerprint density at radius 2 is 2.00 bits per heavy atom. The molecule has 0 aliphatic carbocycles. The molecule has 0 fully saturated rings. The first-order valence-corrected chi connectivity index (χ1v) is 7.37. The third-order valence-corrected chi connectivity index (χ3v) is 3.44. The molecule has 1 amide bonds. The highest BCUT2D eigenvalue weighted by Gasteiger charge is 2.16. The minimum atomic E-state index is -0.235. The summed E-state index contributed by atoms with van der Waals surface area (Å²) in [6, 6.07) is 12.1. The molecule has 0 saturated carbocycles. The molecule has 3 rings (SSSR count). The summed E-state index contributed by atoms with van der Waals surface area (Å²) in [6.45, 7) is 1.98. The van der Waals surface area contributed by atoms with E-state index in [-0.39, 0.29) is 23.9 Å². The van der Waals surface area contributed by atoms with Crippen LogP contribution in [0.5, 0.6) is 0 Å². The molecule has 0 radical (unpaired) electrons. The van der Waals surface area contributed by atoms with E-state index < -0.39 is 0 Å². The zero-order chi connectivity index (χ0) is 17.1. The minimum Gasteiger partial charge on any atom is -0.334 e. The van der Waals surface area contributed by atoms with Gasteiger partial charge in [-0.15, -0.1) is 0 Å². The SMILES string of the molecule is Cc1cc(-c2nc(CN(C)C(=O)c3ccccc3)no2)cc(=O)[nH]1. The lowest BCUT2D eigenvalue weighted by Gasteiger charge is -2.14. The Bertz CT molecular complexity index is 915. The number of hydrogen-bond donors (Lipinski definition) is 1. The van der Waals surface area contributed by atoms with Crippen molar-refractivity contribution < 1.29 is 9.32 Å². The second-order valence-electron chi connectivity index (χ2n) is 5.46. The lowest BCUT2D eigenvalue weighted by Crippen LogP contribution is -2.26. The fourth-order valence-corrected chi connectivity index (χ4v) is 2.33. The highest BCUT2D eigenvalue weighted by molar-refractivity contribution is 5.93. The molecule has 2 heterocycles. The van der Waals surface area contributed by atoms with Crippen molar-refractivity contribution >= 4 is 5.91 Å². The number of rotatable bonds is 4. The van der Waals surface area contributed by atoms with E-state index in [4.69, 9.17) is 4.52 Å². The number of carbonyl (C=O) groups is 1. The molecule has 122 valence electrons. The van der Waals surface area contributed by atoms with Gasteiger partial charge in [0.25, 0.3) is 11.8 Å². The summed E-state index contributed by atoms with van der Waals surface area (Å²) in [4.78, 5) is 32.2. The fourth-order valence-electron chi connectivity index (χ4n) is 2.33. The number of aryl methyl sites for hydroxylation is 1. The van der Waals surface area contributed by atoms with E-state index >= 15 is 0 Å². The molecule has 0 spiro atoms. The lowest BCUT2D eigenvalue weighted by molar-refractivity contribution is 0.0780. The molecule has 1 aromatic carbocycles. The van der Waals surface area contributed by atoms with Gasteiger partial charge >= 0.3 is 0 Å². The van der Waals surface area contributed by atoms with E-state index in [9.17, 15) is 9.59 Å². The van der Waals surface area contributed by atoms with E-state index in [0.717, 1.165) is 0 Å². The lowest BCUT2D eigenvalue weighted by atomic mass is 10.2. The number of benzene rings is 1. The average molecular weight is 324 g/mol. The van der Waals surface area contributed by atoms with Crippen molar-refractivity contribution in [1.29, 1.82) is 0 Å². The van der Waals surface area contributed by atoms with E-state index in [1.807, 2.05) is 18.2 Å². The Morgan fingerprint density at radius 1 is 1.25 bits per heavy atom. The van der Waals surface area contributed by atoms with Gasteiger partial charge in [-0.05, 0) is 25.1 Å². The summed E-state index contributed by atoms with van der Waals surface area (Å²) >= 11 is 0. The van der Waals surface area contributed by atoms with Crippen LogP contribution in [0.1, 0.15) is 21.9 Å². The van der Waals surface area contributed by atoms with Crippen LogP contribution in [0, 0.1) is 6.92 Å². The maximum atomic E-state index is 12.3. The molecule has 0 bridgehead atoms. The minimum absolute atomic E-state index is 0.131. The molecule has 0 aliphatic rings. The maximum Gasteiger partial charge on any atom is 0.258 e. The zero-order valence-corrected chi connectivity index (χ0v) is 13.3. The van der Waals surface area contributed by atoms with Crippen LogP contribution >= 0.6 is 0 Å². The molecular weight excluding hydrogens is 308 g/mol. The van der Waals surface area contributed by atoms with Crippen LogP contribution in [0.2, 0.25) is 0 Å². The van der Waals surface area contributed by atoms with Crippen LogP contribution in [-0.2, 0) is 6.54 Å².